The van der Waals surface area contributed by atoms with Crippen LogP contribution in [0.1, 0.15) is 91.4 Å². The number of hydrogen-bond acceptors (Lipinski definition) is 6. The molecule has 0 aromatic carbocycles. The molecule has 0 aliphatic rings. The van der Waals surface area contributed by atoms with Gasteiger partial charge in [0.1, 0.15) is 4.20 Å². The lowest BCUT2D eigenvalue weighted by Gasteiger charge is -2.13. The summed E-state index contributed by atoms with van der Waals surface area (Å²) in [5.41, 5.74) is 0. The first kappa shape index (κ1) is 29.6. The molecule has 0 atom stereocenters. The zero-order valence-corrected chi connectivity index (χ0v) is 19.3. The van der Waals surface area contributed by atoms with E-state index >= 15 is 0 Å². The molecule has 0 amide bonds. The van der Waals surface area contributed by atoms with Crippen LogP contribution < -0.4 is 0 Å². The van der Waals surface area contributed by atoms with E-state index < -0.39 is 31.0 Å². The third-order valence-corrected chi connectivity index (χ3v) is 7.26. The summed E-state index contributed by atoms with van der Waals surface area (Å²) < 4.78 is 56.4. The maximum Gasteiger partial charge on any atom is 0.326 e. The zero-order valence-electron chi connectivity index (χ0n) is 16.9. The van der Waals surface area contributed by atoms with Crippen LogP contribution in [0, 0.1) is 0 Å². The van der Waals surface area contributed by atoms with Crippen molar-refractivity contribution in [2.75, 3.05) is 0 Å². The van der Waals surface area contributed by atoms with Crippen molar-refractivity contribution in [1.29, 1.82) is 0 Å². The van der Waals surface area contributed by atoms with Gasteiger partial charge in [0.2, 0.25) is 0 Å². The molecule has 11 heteroatoms. The van der Waals surface area contributed by atoms with E-state index in [2.05, 4.69) is 19.1 Å². The Morgan fingerprint density at radius 1 is 0.821 bits per heavy atom. The first-order valence-corrected chi connectivity index (χ1v) is 12.7. The van der Waals surface area contributed by atoms with Crippen LogP contribution in [0.15, 0.2) is 0 Å². The van der Waals surface area contributed by atoms with Crippen molar-refractivity contribution in [3.05, 3.63) is 0 Å². The molecule has 0 fully saturated rings. The molecular formula is C17H34O8S3. The maximum absolute atomic E-state index is 10.6. The minimum atomic E-state index is -4.50. The lowest BCUT2D eigenvalue weighted by atomic mass is 10.1. The Labute approximate surface area is 174 Å². The van der Waals surface area contributed by atoms with Crippen LogP contribution in [-0.4, -0.2) is 46.0 Å². The van der Waals surface area contributed by atoms with Crippen LogP contribution in [0.3, 0.4) is 0 Å². The summed E-state index contributed by atoms with van der Waals surface area (Å²) in [6.07, 6.45) is 12.3. The molecule has 3 N–H and O–H groups in total. The Morgan fingerprint density at radius 2 is 1.18 bits per heavy atom. The second-order valence-electron chi connectivity index (χ2n) is 7.07. The fourth-order valence-corrected chi connectivity index (χ4v) is 2.76. The second kappa shape index (κ2) is 14.4. The van der Waals surface area contributed by atoms with Crippen LogP contribution >= 0.6 is 12.2 Å². The van der Waals surface area contributed by atoms with Crippen LogP contribution in [0.4, 0.5) is 0 Å². The highest BCUT2D eigenvalue weighted by Crippen LogP contribution is 2.14. The number of carbonyl (C=O) groups is 1. The predicted molar refractivity (Wildman–Crippen MR) is 114 cm³/mol. The predicted octanol–water partition coefficient (Wildman–Crippen LogP) is 4.25. The molecule has 28 heavy (non-hydrogen) atoms. The molecule has 0 saturated carbocycles. The number of carboxylic acid groups (broad SMARTS) is 1. The van der Waals surface area contributed by atoms with E-state index in [4.69, 9.17) is 14.2 Å². The second-order valence-corrected chi connectivity index (χ2v) is 11.2. The molecule has 168 valence electrons. The summed E-state index contributed by atoms with van der Waals surface area (Å²) in [6, 6.07) is 0. The molecule has 0 aromatic heterocycles. The monoisotopic (exact) mass is 462 g/mol. The van der Waals surface area contributed by atoms with Crippen molar-refractivity contribution in [2.45, 2.75) is 96.1 Å². The topological polar surface area (TPSA) is 146 Å². The standard InChI is InChI=1S/C13H26O3S2.C4H8O5S/c1-2-3-4-5-6-7-8-9-10-11-12-13(17)18(14,15)16;1-4(2,3(5)6)10(7,8)9/h2-12H2,1H3,(H,14,15,16);1-2H3,(H,5,6)(H,7,8,9). The molecule has 0 unspecified atom stereocenters. The van der Waals surface area contributed by atoms with Gasteiger partial charge in [0.25, 0.3) is 10.1 Å². The van der Waals surface area contributed by atoms with Crippen molar-refractivity contribution < 1.29 is 35.8 Å². The van der Waals surface area contributed by atoms with Gasteiger partial charge < -0.3 is 5.11 Å². The number of rotatable bonds is 13. The summed E-state index contributed by atoms with van der Waals surface area (Å²) in [6.45, 7) is 4.03. The highest BCUT2D eigenvalue weighted by Gasteiger charge is 2.40. The first-order valence-electron chi connectivity index (χ1n) is 9.38. The number of aliphatic carboxylic acids is 1. The zero-order chi connectivity index (χ0) is 22.4. The first-order chi connectivity index (χ1) is 12.7. The van der Waals surface area contributed by atoms with Crippen molar-refractivity contribution in [3.8, 4) is 0 Å². The van der Waals surface area contributed by atoms with Gasteiger partial charge in [-0.15, -0.1) is 0 Å². The van der Waals surface area contributed by atoms with Gasteiger partial charge in [-0.2, -0.15) is 16.8 Å². The third kappa shape index (κ3) is 14.4. The number of thiocarbonyl (C=S) groups is 1. The molecule has 0 bridgehead atoms. The Kier molecular flexibility index (Phi) is 15.2. The van der Waals surface area contributed by atoms with Crippen molar-refractivity contribution in [3.63, 3.8) is 0 Å². The SMILES string of the molecule is CC(C)(C(=O)O)S(=O)(=O)O.CCCCCCCCCCCCC(=S)S(=O)(=O)O. The smallest absolute Gasteiger partial charge is 0.326 e. The Morgan fingerprint density at radius 3 is 1.43 bits per heavy atom. The van der Waals surface area contributed by atoms with Gasteiger partial charge in [0.15, 0.2) is 4.75 Å². The molecule has 0 aliphatic carbocycles. The van der Waals surface area contributed by atoms with Crippen molar-refractivity contribution in [2.24, 2.45) is 0 Å². The number of unbranched alkanes of at least 4 members (excludes halogenated alkanes) is 9. The average molecular weight is 463 g/mol. The van der Waals surface area contributed by atoms with E-state index in [0.29, 0.717) is 6.42 Å². The fraction of sp³-hybridized carbons (Fsp3) is 0.882. The summed E-state index contributed by atoms with van der Waals surface area (Å²) in [7, 11) is -8.58. The van der Waals surface area contributed by atoms with Crippen LogP contribution in [0.5, 0.6) is 0 Å². The Bertz CT molecular complexity index is 667. The summed E-state index contributed by atoms with van der Waals surface area (Å²) in [4.78, 5) is 10.1. The highest BCUT2D eigenvalue weighted by molar-refractivity contribution is 8.13. The molecular weight excluding hydrogens is 428 g/mol. The van der Waals surface area contributed by atoms with Crippen LogP contribution in [0.2, 0.25) is 0 Å². The van der Waals surface area contributed by atoms with Gasteiger partial charge in [0, 0.05) is 0 Å². The van der Waals surface area contributed by atoms with E-state index in [1.54, 1.807) is 0 Å². The molecule has 0 aromatic rings. The maximum atomic E-state index is 10.6. The number of hydrogen-bond donors (Lipinski definition) is 3. The minimum absolute atomic E-state index is 0.220. The molecule has 0 rings (SSSR count). The quantitative estimate of drug-likeness (QED) is 0.207. The van der Waals surface area contributed by atoms with Crippen LogP contribution in [0.25, 0.3) is 0 Å². The van der Waals surface area contributed by atoms with Crippen molar-refractivity contribution in [1.82, 2.24) is 0 Å². The normalized spacial score (nSPS) is 12.2. The Balaban J connectivity index is 0. The van der Waals surface area contributed by atoms with Gasteiger partial charge in [-0.25, -0.2) is 0 Å². The van der Waals surface area contributed by atoms with E-state index in [9.17, 15) is 21.6 Å². The highest BCUT2D eigenvalue weighted by atomic mass is 32.2. The summed E-state index contributed by atoms with van der Waals surface area (Å²) in [5, 5.41) is 8.24. The summed E-state index contributed by atoms with van der Waals surface area (Å²) >= 11 is 4.61. The van der Waals surface area contributed by atoms with E-state index in [1.807, 2.05) is 0 Å². The summed E-state index contributed by atoms with van der Waals surface area (Å²) in [5.74, 6) is -1.57. The minimum Gasteiger partial charge on any atom is -0.480 e. The van der Waals surface area contributed by atoms with Gasteiger partial charge >= 0.3 is 16.1 Å². The van der Waals surface area contributed by atoms with Crippen molar-refractivity contribution >= 4 is 42.6 Å². The van der Waals surface area contributed by atoms with Gasteiger partial charge in [-0.05, 0) is 26.7 Å². The molecule has 0 spiro atoms. The lowest BCUT2D eigenvalue weighted by molar-refractivity contribution is -0.139. The van der Waals surface area contributed by atoms with E-state index in [-0.39, 0.29) is 4.20 Å². The molecule has 0 radical (unpaired) electrons. The lowest BCUT2D eigenvalue weighted by Crippen LogP contribution is -2.39. The largest absolute Gasteiger partial charge is 0.480 e. The van der Waals surface area contributed by atoms with E-state index in [0.717, 1.165) is 33.1 Å². The third-order valence-electron chi connectivity index (χ3n) is 4.18. The van der Waals surface area contributed by atoms with Gasteiger partial charge in [-0.1, -0.05) is 76.9 Å². The number of carboxylic acids is 1. The van der Waals surface area contributed by atoms with Crippen LogP contribution in [-0.2, 0) is 25.0 Å². The van der Waals surface area contributed by atoms with E-state index in [1.165, 1.54) is 44.9 Å². The molecule has 0 saturated heterocycles. The Hall–Kier alpha value is -0.620. The van der Waals surface area contributed by atoms with Gasteiger partial charge in [0.05, 0.1) is 0 Å². The fourth-order valence-electron chi connectivity index (χ4n) is 2.00. The molecule has 0 aliphatic heterocycles. The van der Waals surface area contributed by atoms with Gasteiger partial charge in [-0.3, -0.25) is 13.9 Å². The average Bonchev–Trinajstić information content (AvgIpc) is 2.55. The molecule has 0 heterocycles. The molecule has 8 nitrogen and oxygen atoms in total.